The number of hydrogen-bond donors (Lipinski definition) is 2. The van der Waals surface area contributed by atoms with Crippen molar-refractivity contribution in [2.75, 3.05) is 0 Å². The molecule has 3 rings (SSSR count). The van der Waals surface area contributed by atoms with Crippen molar-refractivity contribution in [1.29, 1.82) is 0 Å². The maximum atomic E-state index is 13.4. The van der Waals surface area contributed by atoms with Crippen molar-refractivity contribution in [2.24, 2.45) is 0 Å². The summed E-state index contributed by atoms with van der Waals surface area (Å²) in [6.45, 7) is 8.71. The highest BCUT2D eigenvalue weighted by molar-refractivity contribution is 7.48. The van der Waals surface area contributed by atoms with Crippen LogP contribution in [0.2, 0.25) is 0 Å². The number of aryl methyl sites for hydroxylation is 2. The number of unbranched alkanes of at least 4 members (excludes halogenated alkanes) is 12. The summed E-state index contributed by atoms with van der Waals surface area (Å²) in [5.41, 5.74) is 4.15. The van der Waals surface area contributed by atoms with E-state index in [1.807, 2.05) is 12.1 Å². The summed E-state index contributed by atoms with van der Waals surface area (Å²) in [5, 5.41) is 0. The van der Waals surface area contributed by atoms with Gasteiger partial charge in [0, 0.05) is 6.07 Å². The Kier molecular flexibility index (Phi) is 20.0. The van der Waals surface area contributed by atoms with Gasteiger partial charge in [-0.25, -0.2) is 9.13 Å². The molecule has 0 bridgehead atoms. The van der Waals surface area contributed by atoms with Crippen LogP contribution in [-0.4, -0.2) is 9.79 Å². The molecule has 0 aliphatic carbocycles. The van der Waals surface area contributed by atoms with Crippen LogP contribution in [0.25, 0.3) is 0 Å². The molecule has 0 saturated carbocycles. The smallest absolute Gasteiger partial charge is 0.395 e. The lowest BCUT2D eigenvalue weighted by Crippen LogP contribution is -2.05. The van der Waals surface area contributed by atoms with E-state index in [1.54, 1.807) is 12.1 Å². The second kappa shape index (κ2) is 23.8. The van der Waals surface area contributed by atoms with Crippen LogP contribution in [0.15, 0.2) is 60.7 Å². The molecule has 2 N–H and O–H groups in total. The lowest BCUT2D eigenvalue weighted by atomic mass is 9.96. The molecule has 0 aromatic heterocycles. The van der Waals surface area contributed by atoms with Crippen molar-refractivity contribution in [1.82, 2.24) is 0 Å². The fourth-order valence-electron chi connectivity index (χ4n) is 6.51. The van der Waals surface area contributed by atoms with Gasteiger partial charge in [-0.15, -0.1) is 0 Å². The van der Waals surface area contributed by atoms with Crippen molar-refractivity contribution in [3.63, 3.8) is 0 Å². The molecule has 0 spiro atoms. The van der Waals surface area contributed by atoms with Gasteiger partial charge in [-0.2, -0.15) is 0 Å². The molecule has 8 nitrogen and oxygen atoms in total. The Morgan fingerprint density at radius 1 is 0.442 bits per heavy atom. The van der Waals surface area contributed by atoms with Gasteiger partial charge in [-0.3, -0.25) is 9.79 Å². The average Bonchev–Trinajstić information content (AvgIpc) is 3.10. The minimum Gasteiger partial charge on any atom is -0.395 e. The average molecular weight is 759 g/mol. The number of phosphoric ester groups is 2. The first kappa shape index (κ1) is 43.6. The first-order valence-electron chi connectivity index (χ1n) is 19.9. The van der Waals surface area contributed by atoms with Crippen LogP contribution in [0.3, 0.4) is 0 Å². The van der Waals surface area contributed by atoms with Gasteiger partial charge in [0.1, 0.15) is 23.0 Å². The number of benzene rings is 3. The quantitative estimate of drug-likeness (QED) is 0.0556. The molecule has 0 radical (unpaired) electrons. The van der Waals surface area contributed by atoms with E-state index in [0.717, 1.165) is 138 Å². The van der Waals surface area contributed by atoms with Crippen molar-refractivity contribution in [2.45, 2.75) is 156 Å². The predicted molar refractivity (Wildman–Crippen MR) is 213 cm³/mol. The first-order valence-corrected chi connectivity index (χ1v) is 22.9. The molecule has 0 aliphatic rings. The predicted octanol–water partition coefficient (Wildman–Crippen LogP) is 13.3. The van der Waals surface area contributed by atoms with Gasteiger partial charge in [-0.05, 0) is 97.9 Å². The highest BCUT2D eigenvalue weighted by atomic mass is 31.2. The van der Waals surface area contributed by atoms with E-state index in [1.165, 1.54) is 37.1 Å². The van der Waals surface area contributed by atoms with Gasteiger partial charge in [-0.1, -0.05) is 135 Å². The molecular formula is C42H64O8P2. The molecule has 10 heteroatoms. The zero-order valence-electron chi connectivity index (χ0n) is 32.2. The molecule has 52 heavy (non-hydrogen) atoms. The van der Waals surface area contributed by atoms with Crippen LogP contribution >= 0.6 is 15.6 Å². The third-order valence-electron chi connectivity index (χ3n) is 9.29. The molecule has 3 aromatic carbocycles. The summed E-state index contributed by atoms with van der Waals surface area (Å²) in [6.07, 6.45) is 20.8. The minimum atomic E-state index is -4.65. The second-order valence-corrected chi connectivity index (χ2v) is 16.4. The van der Waals surface area contributed by atoms with Crippen molar-refractivity contribution in [3.8, 4) is 23.0 Å². The van der Waals surface area contributed by atoms with Crippen molar-refractivity contribution >= 4 is 15.6 Å². The lowest BCUT2D eigenvalue weighted by molar-refractivity contribution is 0.286. The summed E-state index contributed by atoms with van der Waals surface area (Å²) in [7, 11) is -9.30. The van der Waals surface area contributed by atoms with E-state index in [2.05, 4.69) is 39.8 Å². The minimum absolute atomic E-state index is 0.0470. The van der Waals surface area contributed by atoms with Gasteiger partial charge < -0.3 is 18.1 Å². The van der Waals surface area contributed by atoms with Crippen LogP contribution in [0.1, 0.15) is 153 Å². The summed E-state index contributed by atoms with van der Waals surface area (Å²) < 4.78 is 49.1. The maximum absolute atomic E-state index is 13.4. The molecule has 0 saturated heterocycles. The van der Waals surface area contributed by atoms with Crippen LogP contribution in [0.4, 0.5) is 0 Å². The third kappa shape index (κ3) is 16.1. The van der Waals surface area contributed by atoms with Gasteiger partial charge in [0.15, 0.2) is 0 Å². The third-order valence-corrected chi connectivity index (χ3v) is 11.0. The van der Waals surface area contributed by atoms with E-state index in [0.29, 0.717) is 11.5 Å². The molecule has 0 aliphatic heterocycles. The molecule has 0 fully saturated rings. The zero-order valence-corrected chi connectivity index (χ0v) is 33.9. The molecule has 2 atom stereocenters. The van der Waals surface area contributed by atoms with Gasteiger partial charge in [0.2, 0.25) is 0 Å². The fourth-order valence-corrected chi connectivity index (χ4v) is 8.18. The Hall–Kier alpha value is -2.76. The summed E-state index contributed by atoms with van der Waals surface area (Å²) in [4.78, 5) is 21.8. The van der Waals surface area contributed by atoms with E-state index >= 15 is 0 Å². The monoisotopic (exact) mass is 758 g/mol. The summed E-state index contributed by atoms with van der Waals surface area (Å²) >= 11 is 0. The van der Waals surface area contributed by atoms with Gasteiger partial charge in [0.05, 0.1) is 0 Å². The molecule has 290 valence electrons. The number of phosphoric acid groups is 2. The van der Waals surface area contributed by atoms with E-state index in [4.69, 9.17) is 18.1 Å². The first-order chi connectivity index (χ1) is 25.1. The highest BCUT2D eigenvalue weighted by Gasteiger charge is 2.30. The summed E-state index contributed by atoms with van der Waals surface area (Å²) in [6, 6.07) is 17.0. The molecule has 3 aromatic rings. The van der Waals surface area contributed by atoms with Crippen molar-refractivity contribution < 1.29 is 37.0 Å². The Labute approximate surface area is 313 Å². The van der Waals surface area contributed by atoms with Crippen LogP contribution in [0, 0.1) is 0 Å². The normalized spacial score (nSPS) is 13.7. The van der Waals surface area contributed by atoms with Crippen LogP contribution in [0.5, 0.6) is 23.0 Å². The number of rotatable bonds is 28. The van der Waals surface area contributed by atoms with E-state index in [-0.39, 0.29) is 11.5 Å². The number of hydrogen-bond acceptors (Lipinski definition) is 6. The Balaban J connectivity index is 1.75. The van der Waals surface area contributed by atoms with Gasteiger partial charge >= 0.3 is 15.6 Å². The highest BCUT2D eigenvalue weighted by Crippen LogP contribution is 2.49. The molecule has 0 heterocycles. The van der Waals surface area contributed by atoms with E-state index < -0.39 is 15.6 Å². The standard InChI is InChI=1S/C42H64O8P2/c1-5-9-13-17-24-35-26-21-32-41(39(35)30-19-15-11-7-3)49-51(43,44)47-37-28-23-29-38(34-37)48-52(45,46)50-42-33-22-27-36(25-18-14-10-6-2)40(42)31-20-16-12-8-4/h21-23,26-29,32-34H,5-20,24-25,30-31H2,1-4H3,(H,43,44)(H,45,46). The Bertz CT molecular complexity index is 1450. The van der Waals surface area contributed by atoms with Gasteiger partial charge in [0.25, 0.3) is 0 Å². The molecular weight excluding hydrogens is 694 g/mol. The second-order valence-electron chi connectivity index (χ2n) is 13.8. The zero-order chi connectivity index (χ0) is 37.7. The topological polar surface area (TPSA) is 112 Å². The van der Waals surface area contributed by atoms with Crippen LogP contribution in [-0.2, 0) is 34.8 Å². The van der Waals surface area contributed by atoms with E-state index in [9.17, 15) is 18.9 Å². The lowest BCUT2D eigenvalue weighted by Gasteiger charge is -2.20. The largest absolute Gasteiger partial charge is 0.584 e. The SMILES string of the molecule is CCCCCCc1cccc(OP(=O)(O)Oc2cccc(OP(=O)(O)Oc3cccc(CCCCCC)c3CCCCCC)c2)c1CCCCCC. The summed E-state index contributed by atoms with van der Waals surface area (Å²) in [5.74, 6) is 0.589. The maximum Gasteiger partial charge on any atom is 0.584 e. The van der Waals surface area contributed by atoms with Crippen LogP contribution < -0.4 is 18.1 Å². The fraction of sp³-hybridized carbons (Fsp3) is 0.571. The molecule has 0 amide bonds. The Morgan fingerprint density at radius 3 is 1.15 bits per heavy atom. The van der Waals surface area contributed by atoms with Crippen molar-refractivity contribution in [3.05, 3.63) is 82.9 Å². The molecule has 2 unspecified atom stereocenters. The Morgan fingerprint density at radius 2 is 0.788 bits per heavy atom.